The molecule has 0 fully saturated rings. The Kier molecular flexibility index (Phi) is 3.68. The first-order chi connectivity index (χ1) is 8.61. The third kappa shape index (κ3) is 2.54. The van der Waals surface area contributed by atoms with Crippen LogP contribution in [0.15, 0.2) is 17.0 Å². The summed E-state index contributed by atoms with van der Waals surface area (Å²) in [6.45, 7) is 0.378. The van der Waals surface area contributed by atoms with Crippen molar-refractivity contribution in [2.45, 2.75) is 6.54 Å². The fourth-order valence-corrected chi connectivity index (χ4v) is 2.01. The van der Waals surface area contributed by atoms with E-state index in [1.807, 2.05) is 5.38 Å². The van der Waals surface area contributed by atoms with Gasteiger partial charge in [0.2, 0.25) is 0 Å². The number of nitrogen functional groups attached to an aromatic ring is 1. The quantitative estimate of drug-likeness (QED) is 0.655. The molecule has 8 heteroatoms. The number of nitrogens with zero attached hydrogens (tertiary/aromatic N) is 3. The first-order valence-corrected chi connectivity index (χ1v) is 5.97. The van der Waals surface area contributed by atoms with E-state index in [1.165, 1.54) is 16.2 Å². The van der Waals surface area contributed by atoms with Crippen LogP contribution >= 0.6 is 11.3 Å². The van der Waals surface area contributed by atoms with Crippen LogP contribution in [-0.2, 0) is 6.54 Å². The summed E-state index contributed by atoms with van der Waals surface area (Å²) in [5, 5.41) is 1.85. The summed E-state index contributed by atoms with van der Waals surface area (Å²) in [6, 6.07) is 0.745. The van der Waals surface area contributed by atoms with Gasteiger partial charge in [-0.2, -0.15) is 0 Å². The number of thiazole rings is 1. The molecule has 2 aromatic rings. The number of rotatable bonds is 4. The van der Waals surface area contributed by atoms with Crippen LogP contribution in [0.5, 0.6) is 0 Å². The Morgan fingerprint density at radius 2 is 2.22 bits per heavy atom. The molecule has 0 aromatic carbocycles. The average molecular weight is 271 g/mol. The molecule has 0 aliphatic heterocycles. The molecule has 2 aromatic heterocycles. The highest BCUT2D eigenvalue weighted by Gasteiger charge is 2.15. The van der Waals surface area contributed by atoms with E-state index in [-0.39, 0.29) is 11.6 Å². The van der Waals surface area contributed by atoms with E-state index < -0.39 is 11.6 Å². The zero-order valence-corrected chi connectivity index (χ0v) is 10.3. The van der Waals surface area contributed by atoms with Gasteiger partial charge in [0.25, 0.3) is 0 Å². The van der Waals surface area contributed by atoms with Gasteiger partial charge in [-0.15, -0.1) is 11.3 Å². The molecule has 96 valence electrons. The predicted octanol–water partition coefficient (Wildman–Crippen LogP) is 1.74. The Bertz CT molecular complexity index is 531. The maximum Gasteiger partial charge on any atom is 0.178 e. The van der Waals surface area contributed by atoms with Gasteiger partial charge in [0.1, 0.15) is 0 Å². The smallest absolute Gasteiger partial charge is 0.178 e. The van der Waals surface area contributed by atoms with Crippen LogP contribution in [0, 0.1) is 11.6 Å². The summed E-state index contributed by atoms with van der Waals surface area (Å²) in [6.07, 6.45) is 0. The minimum absolute atomic E-state index is 0.0114. The maximum atomic E-state index is 13.6. The lowest BCUT2D eigenvalue weighted by atomic mass is 10.3. The maximum absolute atomic E-state index is 13.6. The molecule has 0 saturated heterocycles. The largest absolute Gasteiger partial charge is 0.351 e. The number of hydrogen-bond acceptors (Lipinski definition) is 6. The van der Waals surface area contributed by atoms with E-state index in [9.17, 15) is 8.78 Å². The van der Waals surface area contributed by atoms with Gasteiger partial charge in [0.15, 0.2) is 23.3 Å². The van der Waals surface area contributed by atoms with Crippen molar-refractivity contribution in [3.8, 4) is 0 Å². The normalized spacial score (nSPS) is 10.4. The number of pyridine rings is 1. The summed E-state index contributed by atoms with van der Waals surface area (Å²) in [5.41, 5.74) is 4.56. The van der Waals surface area contributed by atoms with Crippen molar-refractivity contribution >= 4 is 23.0 Å². The van der Waals surface area contributed by atoms with Crippen LogP contribution in [-0.4, -0.2) is 17.0 Å². The van der Waals surface area contributed by atoms with Gasteiger partial charge in [0.05, 0.1) is 17.7 Å². The first-order valence-electron chi connectivity index (χ1n) is 5.02. The van der Waals surface area contributed by atoms with Gasteiger partial charge < -0.3 is 10.3 Å². The Balaban J connectivity index is 2.26. The van der Waals surface area contributed by atoms with Crippen LogP contribution < -0.4 is 16.2 Å². The molecule has 5 nitrogen and oxygen atoms in total. The van der Waals surface area contributed by atoms with Crippen molar-refractivity contribution in [3.63, 3.8) is 0 Å². The lowest BCUT2D eigenvalue weighted by Crippen LogP contribution is -2.21. The summed E-state index contributed by atoms with van der Waals surface area (Å²) >= 11 is 1.45. The standard InChI is InChI=1S/C10H11F2N5S/c1-17(3-6-4-18-5-14-6)10-8(12)2-7(11)9(15-10)16-13/h2,4-5H,3,13H2,1H3,(H,15,16). The second-order valence-electron chi connectivity index (χ2n) is 3.60. The highest BCUT2D eigenvalue weighted by atomic mass is 32.1. The average Bonchev–Trinajstić information content (AvgIpc) is 2.81. The highest BCUT2D eigenvalue weighted by molar-refractivity contribution is 7.07. The molecule has 18 heavy (non-hydrogen) atoms. The van der Waals surface area contributed by atoms with Crippen molar-refractivity contribution < 1.29 is 8.78 Å². The Labute approximate surface area is 106 Å². The van der Waals surface area contributed by atoms with Gasteiger partial charge in [-0.25, -0.2) is 24.6 Å². The first kappa shape index (κ1) is 12.7. The summed E-state index contributed by atoms with van der Waals surface area (Å²) in [7, 11) is 1.64. The molecular formula is C10H11F2N5S. The van der Waals surface area contributed by atoms with Crippen molar-refractivity contribution in [2.24, 2.45) is 5.84 Å². The fourth-order valence-electron chi connectivity index (χ4n) is 1.46. The third-order valence-corrected chi connectivity index (χ3v) is 2.93. The van der Waals surface area contributed by atoms with Crippen molar-refractivity contribution in [1.82, 2.24) is 9.97 Å². The lowest BCUT2D eigenvalue weighted by Gasteiger charge is -2.18. The Morgan fingerprint density at radius 1 is 1.44 bits per heavy atom. The number of hydrazine groups is 1. The zero-order chi connectivity index (χ0) is 13.1. The molecule has 2 heterocycles. The van der Waals surface area contributed by atoms with Gasteiger partial charge in [-0.1, -0.05) is 0 Å². The van der Waals surface area contributed by atoms with Crippen LogP contribution in [0.4, 0.5) is 20.4 Å². The minimum Gasteiger partial charge on any atom is -0.351 e. The zero-order valence-electron chi connectivity index (χ0n) is 9.52. The van der Waals surface area contributed by atoms with Crippen molar-refractivity contribution in [2.75, 3.05) is 17.4 Å². The van der Waals surface area contributed by atoms with Crippen molar-refractivity contribution in [3.05, 3.63) is 34.3 Å². The molecular weight excluding hydrogens is 260 g/mol. The number of nitrogens with two attached hydrogens (primary N) is 1. The molecule has 0 saturated carbocycles. The lowest BCUT2D eigenvalue weighted by molar-refractivity contribution is 0.572. The van der Waals surface area contributed by atoms with E-state index in [1.54, 1.807) is 12.6 Å². The number of halogens is 2. The summed E-state index contributed by atoms with van der Waals surface area (Å²) in [4.78, 5) is 9.40. The molecule has 0 amide bonds. The Hall–Kier alpha value is -1.80. The number of nitrogens with one attached hydrogen (secondary N) is 1. The molecule has 0 unspecified atom stereocenters. The second kappa shape index (κ2) is 5.23. The number of hydrogen-bond donors (Lipinski definition) is 2. The number of aromatic nitrogens is 2. The van der Waals surface area contributed by atoms with Gasteiger partial charge in [0, 0.05) is 18.5 Å². The Morgan fingerprint density at radius 3 is 2.83 bits per heavy atom. The molecule has 3 N–H and O–H groups in total. The van der Waals surface area contributed by atoms with E-state index in [2.05, 4.69) is 15.4 Å². The van der Waals surface area contributed by atoms with E-state index in [4.69, 9.17) is 5.84 Å². The van der Waals surface area contributed by atoms with Crippen LogP contribution in [0.2, 0.25) is 0 Å². The molecule has 0 radical (unpaired) electrons. The topological polar surface area (TPSA) is 67.1 Å². The third-order valence-electron chi connectivity index (χ3n) is 2.29. The van der Waals surface area contributed by atoms with Gasteiger partial charge in [-0.05, 0) is 0 Å². The molecule has 2 rings (SSSR count). The van der Waals surface area contributed by atoms with Crippen LogP contribution in [0.3, 0.4) is 0 Å². The second-order valence-corrected chi connectivity index (χ2v) is 4.32. The highest BCUT2D eigenvalue weighted by Crippen LogP contribution is 2.22. The molecule has 0 bridgehead atoms. The summed E-state index contributed by atoms with van der Waals surface area (Å²) in [5.74, 6) is 3.34. The molecule has 0 aliphatic carbocycles. The minimum atomic E-state index is -0.833. The molecule has 0 spiro atoms. The van der Waals surface area contributed by atoms with E-state index in [0.717, 1.165) is 11.8 Å². The van der Waals surface area contributed by atoms with Gasteiger partial charge in [-0.3, -0.25) is 0 Å². The van der Waals surface area contributed by atoms with Crippen LogP contribution in [0.25, 0.3) is 0 Å². The fraction of sp³-hybridized carbons (Fsp3) is 0.200. The monoisotopic (exact) mass is 271 g/mol. The van der Waals surface area contributed by atoms with E-state index in [0.29, 0.717) is 6.54 Å². The van der Waals surface area contributed by atoms with Crippen LogP contribution in [0.1, 0.15) is 5.69 Å². The number of anilines is 2. The van der Waals surface area contributed by atoms with Crippen molar-refractivity contribution in [1.29, 1.82) is 0 Å². The molecule has 0 aliphatic rings. The SMILES string of the molecule is CN(Cc1cscn1)c1nc(NN)c(F)cc1F. The molecule has 0 atom stereocenters. The summed E-state index contributed by atoms with van der Waals surface area (Å²) < 4.78 is 26.8. The van der Waals surface area contributed by atoms with Gasteiger partial charge >= 0.3 is 0 Å². The van der Waals surface area contributed by atoms with E-state index >= 15 is 0 Å². The predicted molar refractivity (Wildman–Crippen MR) is 66.2 cm³/mol.